The van der Waals surface area contributed by atoms with Crippen molar-refractivity contribution in [3.8, 4) is 0 Å². The van der Waals surface area contributed by atoms with Crippen molar-refractivity contribution in [2.45, 2.75) is 203 Å². The van der Waals surface area contributed by atoms with Crippen LogP contribution in [-0.2, 0) is 42.9 Å². The summed E-state index contributed by atoms with van der Waals surface area (Å²) in [4.78, 5) is 47.7. The second-order valence-electron chi connectivity index (χ2n) is 25.2. The summed E-state index contributed by atoms with van der Waals surface area (Å²) >= 11 is 5.55. The molecule has 1 N–H and O–H groups in total. The van der Waals surface area contributed by atoms with E-state index in [1.54, 1.807) is 0 Å². The van der Waals surface area contributed by atoms with Crippen LogP contribution in [0.3, 0.4) is 0 Å². The molecule has 10 nitrogen and oxygen atoms in total. The van der Waals surface area contributed by atoms with Crippen molar-refractivity contribution in [2.75, 3.05) is 12.5 Å². The minimum Gasteiger partial charge on any atom is -1.00 e. The molecule has 0 aromatic carbocycles. The average molecular weight is 994 g/mol. The van der Waals surface area contributed by atoms with Crippen molar-refractivity contribution in [1.29, 1.82) is 0 Å². The zero-order chi connectivity index (χ0) is 47.6. The van der Waals surface area contributed by atoms with Gasteiger partial charge in [0.1, 0.15) is 34.9 Å². The Bertz CT molecular complexity index is 1860. The van der Waals surface area contributed by atoms with Gasteiger partial charge < -0.3 is 30.2 Å². The maximum absolute atomic E-state index is 13.5. The number of carbonyl (C=O) groups excluding carboxylic acids is 4. The van der Waals surface area contributed by atoms with Gasteiger partial charge in [0.15, 0.2) is 0 Å². The number of carbonyl (C=O) groups is 4. The van der Waals surface area contributed by atoms with Gasteiger partial charge in [0.05, 0.1) is 12.2 Å². The van der Waals surface area contributed by atoms with E-state index in [1.807, 2.05) is 0 Å². The normalized spacial score (nSPS) is 47.8. The van der Waals surface area contributed by atoms with Crippen LogP contribution in [-0.4, -0.2) is 87.9 Å². The van der Waals surface area contributed by atoms with E-state index >= 15 is 0 Å². The van der Waals surface area contributed by atoms with Crippen LogP contribution in [0.5, 0.6) is 0 Å². The van der Waals surface area contributed by atoms with E-state index in [0.29, 0.717) is 87.9 Å². The minimum atomic E-state index is -3.48. The van der Waals surface area contributed by atoms with E-state index in [-0.39, 0.29) is 102 Å². The molecule has 16 heteroatoms. The summed E-state index contributed by atoms with van der Waals surface area (Å²) in [6.45, 7) is 5.40. The smallest absolute Gasteiger partial charge is 1.00 e. The van der Waals surface area contributed by atoms with Crippen LogP contribution < -0.4 is 29.6 Å². The first-order chi connectivity index (χ1) is 31.4. The Morgan fingerprint density at radius 1 is 0.529 bits per heavy atom. The van der Waals surface area contributed by atoms with Crippen LogP contribution in [0.4, 0.5) is 17.6 Å². The van der Waals surface area contributed by atoms with Gasteiger partial charge in [-0.3, -0.25) is 4.79 Å². The van der Waals surface area contributed by atoms with Crippen molar-refractivity contribution >= 4 is 35.5 Å². The number of esters is 4. The summed E-state index contributed by atoms with van der Waals surface area (Å²) in [6, 6.07) is 0. The van der Waals surface area contributed by atoms with Gasteiger partial charge in [-0.1, -0.05) is 0 Å². The van der Waals surface area contributed by atoms with Gasteiger partial charge in [0.25, 0.3) is 0 Å². The fourth-order valence-electron chi connectivity index (χ4n) is 18.2. The third-order valence-electron chi connectivity index (χ3n) is 20.3. The summed E-state index contributed by atoms with van der Waals surface area (Å²) < 4.78 is 81.4. The number of aliphatic hydroxyl groups excluding tert-OH is 1. The molecule has 0 spiro atoms. The van der Waals surface area contributed by atoms with E-state index in [9.17, 15) is 41.8 Å². The van der Waals surface area contributed by atoms with E-state index in [2.05, 4.69) is 13.8 Å². The first-order valence-corrected chi connectivity index (χ1v) is 26.5. The number of ether oxygens (including phenoxy) is 5. The van der Waals surface area contributed by atoms with Crippen molar-refractivity contribution in [3.05, 3.63) is 0 Å². The standard InChI is InChI=1S/C26H36F2O5.C13H19ClO2.C13H18F2O3.Na.H/c1-24(19-6-14-3-15(8-19)9-20(24)7-14)32-21(29)13-31-22-17-4-16-5-18(22)12-26(10-16,11-17)33-23(30)25(2,27)28;1-13(16-12(15)7-14)10-3-8-2-9(5-10)6-11(13)4-8;1-12(14,15)11(17)18-13-4-7-2-8(5-13)10(16)9(3-7)6-13;;/h14-20,22H,3-13H2,1-2H3;8-11H,2-7H2,1H3;7-10,16H,2-6H2,1H3;;/q;;;+1;-1. The van der Waals surface area contributed by atoms with Crippen LogP contribution in [0.2, 0.25) is 0 Å². The predicted octanol–water partition coefficient (Wildman–Crippen LogP) is 7.13. The SMILES string of the molecule is CC(F)(F)C(=O)OC12CC3CC(C1)C(O)C(C3)C2.CC(F)(F)C(=O)OC12CC3CC(C1)C(OCC(=O)OC1(C)C4CC5CC(C4)CC1C5)C(C3)C2.CC1(OC(=O)CCl)C2CC3CC(C2)CC1C3.[H-].[Na+]. The fraction of sp³-hybridized carbons (Fsp3) is 0.923. The van der Waals surface area contributed by atoms with Gasteiger partial charge in [-0.25, -0.2) is 14.4 Å². The summed E-state index contributed by atoms with van der Waals surface area (Å²) in [5.74, 6) is -3.37. The minimum absolute atomic E-state index is 0. The number of alkyl halides is 5. The molecule has 16 saturated carbocycles. The molecule has 16 fully saturated rings. The van der Waals surface area contributed by atoms with Crippen LogP contribution in [0.1, 0.15) is 158 Å². The Morgan fingerprint density at radius 2 is 0.868 bits per heavy atom. The molecule has 68 heavy (non-hydrogen) atoms. The average Bonchev–Trinajstić information content (AvgIpc) is 3.22. The van der Waals surface area contributed by atoms with E-state index < -0.39 is 35.0 Å². The molecule has 0 heterocycles. The molecular formula is C52H74ClF4NaO10. The van der Waals surface area contributed by atoms with Crippen LogP contribution in [0, 0.1) is 82.9 Å². The molecule has 0 amide bonds. The van der Waals surface area contributed by atoms with E-state index in [1.165, 1.54) is 64.2 Å². The monoisotopic (exact) mass is 992 g/mol. The van der Waals surface area contributed by atoms with Gasteiger partial charge in [0, 0.05) is 13.8 Å². The largest absolute Gasteiger partial charge is 1.00 e. The van der Waals surface area contributed by atoms with Crippen LogP contribution in [0.25, 0.3) is 0 Å². The Hall–Kier alpha value is -1.19. The van der Waals surface area contributed by atoms with Crippen LogP contribution >= 0.6 is 11.6 Å². The van der Waals surface area contributed by atoms with Crippen molar-refractivity contribution in [2.24, 2.45) is 82.9 Å². The zero-order valence-electron chi connectivity index (χ0n) is 41.8. The second-order valence-corrected chi connectivity index (χ2v) is 25.5. The fourth-order valence-corrected chi connectivity index (χ4v) is 18.3. The van der Waals surface area contributed by atoms with Gasteiger partial charge in [-0.05, 0) is 225 Å². The predicted molar refractivity (Wildman–Crippen MR) is 237 cm³/mol. The molecule has 0 aromatic heterocycles. The Morgan fingerprint density at radius 3 is 1.22 bits per heavy atom. The Labute approximate surface area is 427 Å². The van der Waals surface area contributed by atoms with Crippen molar-refractivity contribution in [1.82, 2.24) is 0 Å². The second kappa shape index (κ2) is 18.6. The Kier molecular flexibility index (Phi) is 14.2. The maximum atomic E-state index is 13.5. The van der Waals surface area contributed by atoms with Gasteiger partial charge in [0.2, 0.25) is 0 Å². The van der Waals surface area contributed by atoms with Crippen molar-refractivity contribution < 1.29 is 96.5 Å². The van der Waals surface area contributed by atoms with Crippen molar-refractivity contribution in [3.63, 3.8) is 0 Å². The first-order valence-electron chi connectivity index (χ1n) is 26.0. The molecule has 16 rings (SSSR count). The number of halogens is 5. The number of aliphatic hydroxyl groups is 1. The molecule has 16 aliphatic carbocycles. The van der Waals surface area contributed by atoms with Crippen LogP contribution in [0.15, 0.2) is 0 Å². The molecule has 0 aromatic rings. The summed E-state index contributed by atoms with van der Waals surface area (Å²) in [7, 11) is 0. The molecule has 4 unspecified atom stereocenters. The summed E-state index contributed by atoms with van der Waals surface area (Å²) in [5.41, 5.74) is -2.09. The molecule has 0 aliphatic heterocycles. The Balaban J connectivity index is 0.000000151. The molecule has 378 valence electrons. The first kappa shape index (κ1) is 51.7. The van der Waals surface area contributed by atoms with Gasteiger partial charge in [-0.2, -0.15) is 17.6 Å². The quantitative estimate of drug-likeness (QED) is 0.0793. The molecule has 0 radical (unpaired) electrons. The zero-order valence-corrected chi connectivity index (χ0v) is 43.6. The number of hydrogen-bond acceptors (Lipinski definition) is 10. The molecule has 16 aliphatic rings. The third-order valence-corrected chi connectivity index (χ3v) is 20.5. The molecular weight excluding hydrogens is 919 g/mol. The van der Waals surface area contributed by atoms with Gasteiger partial charge >= 0.3 is 65.3 Å². The maximum Gasteiger partial charge on any atom is 1.00 e. The number of rotatable bonds is 10. The molecule has 0 saturated heterocycles. The summed E-state index contributed by atoms with van der Waals surface area (Å²) in [5, 5.41) is 10.0. The third kappa shape index (κ3) is 9.83. The summed E-state index contributed by atoms with van der Waals surface area (Å²) in [6.07, 6.45) is 19.5. The molecule has 16 bridgehead atoms. The van der Waals surface area contributed by atoms with Gasteiger partial charge in [-0.15, -0.1) is 11.6 Å². The van der Waals surface area contributed by atoms with E-state index in [4.69, 9.17) is 35.3 Å². The van der Waals surface area contributed by atoms with E-state index in [0.717, 1.165) is 49.4 Å². The molecule has 4 atom stereocenters. The topological polar surface area (TPSA) is 135 Å². The number of hydrogen-bond donors (Lipinski definition) is 1.